The number of aromatic nitrogens is 2. The molecule has 3 heterocycles. The maximum absolute atomic E-state index is 5.21. The third-order valence-electron chi connectivity index (χ3n) is 2.54. The van der Waals surface area contributed by atoms with E-state index in [2.05, 4.69) is 15.5 Å². The highest BCUT2D eigenvalue weighted by atomic mass is 32.1. The molecule has 15 heavy (non-hydrogen) atoms. The number of hydrogen-bond donors (Lipinski definition) is 1. The van der Waals surface area contributed by atoms with Gasteiger partial charge in [-0.2, -0.15) is 4.98 Å². The van der Waals surface area contributed by atoms with E-state index in [9.17, 15) is 0 Å². The maximum Gasteiger partial charge on any atom is 0.267 e. The molecule has 1 saturated heterocycles. The van der Waals surface area contributed by atoms with Gasteiger partial charge in [0, 0.05) is 6.42 Å². The molecule has 0 bridgehead atoms. The van der Waals surface area contributed by atoms with Gasteiger partial charge in [0.05, 0.1) is 4.88 Å². The van der Waals surface area contributed by atoms with Crippen molar-refractivity contribution in [3.63, 3.8) is 0 Å². The summed E-state index contributed by atoms with van der Waals surface area (Å²) in [6, 6.07) is 3.98. The first kappa shape index (κ1) is 9.06. The molecule has 0 amide bonds. The molecule has 0 unspecified atom stereocenters. The van der Waals surface area contributed by atoms with Crippen LogP contribution in [-0.2, 0) is 6.42 Å². The van der Waals surface area contributed by atoms with E-state index in [4.69, 9.17) is 4.52 Å². The van der Waals surface area contributed by atoms with E-state index >= 15 is 0 Å². The van der Waals surface area contributed by atoms with Gasteiger partial charge >= 0.3 is 0 Å². The predicted octanol–water partition coefficient (Wildman–Crippen LogP) is 1.56. The second kappa shape index (κ2) is 3.75. The Balaban J connectivity index is 1.75. The van der Waals surface area contributed by atoms with Gasteiger partial charge in [0.2, 0.25) is 0 Å². The molecular weight excluding hydrogens is 210 g/mol. The molecule has 1 N–H and O–H groups in total. The molecule has 78 valence electrons. The molecule has 5 heteroatoms. The van der Waals surface area contributed by atoms with Gasteiger partial charge in [-0.3, -0.25) is 0 Å². The van der Waals surface area contributed by atoms with Crippen LogP contribution >= 0.6 is 11.3 Å². The van der Waals surface area contributed by atoms with E-state index < -0.39 is 0 Å². The number of rotatable bonds is 3. The summed E-state index contributed by atoms with van der Waals surface area (Å²) in [5.41, 5.74) is 0. The van der Waals surface area contributed by atoms with E-state index in [0.717, 1.165) is 30.2 Å². The number of thiophene rings is 1. The lowest BCUT2D eigenvalue weighted by atomic mass is 9.99. The van der Waals surface area contributed by atoms with Crippen LogP contribution in [0.1, 0.15) is 5.82 Å². The Bertz CT molecular complexity index is 433. The van der Waals surface area contributed by atoms with Crippen LogP contribution in [0.3, 0.4) is 0 Å². The first-order chi connectivity index (χ1) is 7.42. The molecule has 3 rings (SSSR count). The average molecular weight is 221 g/mol. The molecule has 0 atom stereocenters. The molecule has 2 aromatic heterocycles. The summed E-state index contributed by atoms with van der Waals surface area (Å²) in [7, 11) is 0. The van der Waals surface area contributed by atoms with Crippen molar-refractivity contribution in [3.05, 3.63) is 23.3 Å². The number of nitrogens with one attached hydrogen (secondary N) is 1. The molecule has 1 fully saturated rings. The summed E-state index contributed by atoms with van der Waals surface area (Å²) in [5, 5.41) is 9.23. The Morgan fingerprint density at radius 2 is 2.47 bits per heavy atom. The fourth-order valence-corrected chi connectivity index (χ4v) is 2.23. The van der Waals surface area contributed by atoms with Crippen LogP contribution in [0.2, 0.25) is 0 Å². The van der Waals surface area contributed by atoms with Gasteiger partial charge in [-0.05, 0) is 30.5 Å². The first-order valence-corrected chi connectivity index (χ1v) is 5.87. The van der Waals surface area contributed by atoms with Gasteiger partial charge in [0.1, 0.15) is 0 Å². The van der Waals surface area contributed by atoms with E-state index in [0.29, 0.717) is 11.8 Å². The SMILES string of the molecule is c1csc(-c2nc(CC3CNC3)no2)c1. The van der Waals surface area contributed by atoms with Crippen LogP contribution in [0, 0.1) is 5.92 Å². The molecule has 0 saturated carbocycles. The lowest BCUT2D eigenvalue weighted by molar-refractivity contribution is 0.333. The van der Waals surface area contributed by atoms with Crippen molar-refractivity contribution in [1.29, 1.82) is 0 Å². The van der Waals surface area contributed by atoms with Gasteiger partial charge in [-0.1, -0.05) is 11.2 Å². The third-order valence-corrected chi connectivity index (χ3v) is 3.40. The standard InChI is InChI=1S/C10H11N3OS/c1-2-8(15-3-1)10-12-9(13-14-10)4-7-5-11-6-7/h1-3,7,11H,4-6H2. The van der Waals surface area contributed by atoms with E-state index in [1.165, 1.54) is 0 Å². The minimum Gasteiger partial charge on any atom is -0.333 e. The van der Waals surface area contributed by atoms with Gasteiger partial charge in [0.25, 0.3) is 5.89 Å². The van der Waals surface area contributed by atoms with Crippen LogP contribution in [-0.4, -0.2) is 23.2 Å². The van der Waals surface area contributed by atoms with Crippen molar-refractivity contribution >= 4 is 11.3 Å². The minimum atomic E-state index is 0.646. The van der Waals surface area contributed by atoms with Gasteiger partial charge in [-0.15, -0.1) is 11.3 Å². The number of hydrogen-bond acceptors (Lipinski definition) is 5. The van der Waals surface area contributed by atoms with Crippen molar-refractivity contribution in [1.82, 2.24) is 15.5 Å². The Morgan fingerprint density at radius 3 is 3.13 bits per heavy atom. The summed E-state index contributed by atoms with van der Waals surface area (Å²) in [4.78, 5) is 5.42. The number of nitrogens with zero attached hydrogens (tertiary/aromatic N) is 2. The van der Waals surface area contributed by atoms with Crippen LogP contribution < -0.4 is 5.32 Å². The summed E-state index contributed by atoms with van der Waals surface area (Å²) in [5.74, 6) is 2.15. The highest BCUT2D eigenvalue weighted by molar-refractivity contribution is 7.13. The Labute approximate surface area is 91.3 Å². The van der Waals surface area contributed by atoms with Gasteiger partial charge in [-0.25, -0.2) is 0 Å². The minimum absolute atomic E-state index is 0.646. The summed E-state index contributed by atoms with van der Waals surface area (Å²) >= 11 is 1.62. The molecular formula is C10H11N3OS. The molecule has 1 aliphatic heterocycles. The van der Waals surface area contributed by atoms with Crippen molar-refractivity contribution in [2.24, 2.45) is 5.92 Å². The Morgan fingerprint density at radius 1 is 1.53 bits per heavy atom. The van der Waals surface area contributed by atoms with Crippen LogP contribution in [0.15, 0.2) is 22.0 Å². The predicted molar refractivity (Wildman–Crippen MR) is 57.7 cm³/mol. The molecule has 0 aliphatic carbocycles. The normalized spacial score (nSPS) is 16.5. The van der Waals surface area contributed by atoms with E-state index in [-0.39, 0.29) is 0 Å². The molecule has 4 nitrogen and oxygen atoms in total. The quantitative estimate of drug-likeness (QED) is 0.854. The lowest BCUT2D eigenvalue weighted by Gasteiger charge is -2.25. The summed E-state index contributed by atoms with van der Waals surface area (Å²) in [6.45, 7) is 2.14. The molecule has 0 spiro atoms. The van der Waals surface area contributed by atoms with Gasteiger partial charge in [0.15, 0.2) is 5.82 Å². The smallest absolute Gasteiger partial charge is 0.267 e. The first-order valence-electron chi connectivity index (χ1n) is 4.99. The Kier molecular flexibility index (Phi) is 2.26. The maximum atomic E-state index is 5.21. The van der Waals surface area contributed by atoms with Crippen molar-refractivity contribution in [2.45, 2.75) is 6.42 Å². The van der Waals surface area contributed by atoms with Gasteiger partial charge < -0.3 is 9.84 Å². The zero-order valence-electron chi connectivity index (χ0n) is 8.14. The zero-order chi connectivity index (χ0) is 10.1. The van der Waals surface area contributed by atoms with Crippen molar-refractivity contribution in [2.75, 3.05) is 13.1 Å². The highest BCUT2D eigenvalue weighted by Gasteiger charge is 2.20. The largest absolute Gasteiger partial charge is 0.333 e. The zero-order valence-corrected chi connectivity index (χ0v) is 8.96. The van der Waals surface area contributed by atoms with Crippen LogP contribution in [0.4, 0.5) is 0 Å². The average Bonchev–Trinajstić information content (AvgIpc) is 2.82. The molecule has 0 aromatic carbocycles. The fourth-order valence-electron chi connectivity index (χ4n) is 1.59. The van der Waals surface area contributed by atoms with Crippen molar-refractivity contribution < 1.29 is 4.52 Å². The van der Waals surface area contributed by atoms with E-state index in [1.54, 1.807) is 11.3 Å². The molecule has 0 radical (unpaired) electrons. The Hall–Kier alpha value is -1.20. The van der Waals surface area contributed by atoms with Crippen LogP contribution in [0.5, 0.6) is 0 Å². The van der Waals surface area contributed by atoms with Crippen molar-refractivity contribution in [3.8, 4) is 10.8 Å². The lowest BCUT2D eigenvalue weighted by Crippen LogP contribution is -2.43. The molecule has 1 aliphatic rings. The monoisotopic (exact) mass is 221 g/mol. The van der Waals surface area contributed by atoms with Crippen LogP contribution in [0.25, 0.3) is 10.8 Å². The van der Waals surface area contributed by atoms with E-state index in [1.807, 2.05) is 17.5 Å². The fraction of sp³-hybridized carbons (Fsp3) is 0.400. The summed E-state index contributed by atoms with van der Waals surface area (Å²) < 4.78 is 5.21. The second-order valence-electron chi connectivity index (χ2n) is 3.72. The summed E-state index contributed by atoms with van der Waals surface area (Å²) in [6.07, 6.45) is 0.919. The second-order valence-corrected chi connectivity index (χ2v) is 4.67. The topological polar surface area (TPSA) is 51.0 Å². The third kappa shape index (κ3) is 1.80. The highest BCUT2D eigenvalue weighted by Crippen LogP contribution is 2.23. The molecule has 2 aromatic rings.